The lowest BCUT2D eigenvalue weighted by Gasteiger charge is -2.35. The molecule has 1 N–H and O–H groups in total. The number of pyridine rings is 1. The van der Waals surface area contributed by atoms with E-state index in [0.29, 0.717) is 18.1 Å². The number of amides is 1. The molecular weight excluding hydrogens is 426 g/mol. The van der Waals surface area contributed by atoms with E-state index in [9.17, 15) is 4.79 Å². The molecule has 4 heterocycles. The molecule has 32 heavy (non-hydrogen) atoms. The van der Waals surface area contributed by atoms with Crippen molar-refractivity contribution in [2.75, 3.05) is 18.0 Å². The van der Waals surface area contributed by atoms with Crippen LogP contribution in [0.2, 0.25) is 0 Å². The number of rotatable bonds is 5. The third-order valence-corrected chi connectivity index (χ3v) is 6.45. The molecule has 1 fully saturated rings. The second-order valence-electron chi connectivity index (χ2n) is 8.40. The fourth-order valence-electron chi connectivity index (χ4n) is 4.11. The van der Waals surface area contributed by atoms with Crippen LogP contribution in [0.3, 0.4) is 0 Å². The lowest BCUT2D eigenvalue weighted by molar-refractivity contribution is -0.00523. The number of nitrogens with zero attached hydrogens (tertiary/aromatic N) is 4. The van der Waals surface area contributed by atoms with Gasteiger partial charge in [0.15, 0.2) is 11.0 Å². The molecule has 9 heteroatoms. The van der Waals surface area contributed by atoms with E-state index in [1.807, 2.05) is 13.8 Å². The maximum atomic E-state index is 12.7. The predicted molar refractivity (Wildman–Crippen MR) is 124 cm³/mol. The molecule has 3 aromatic rings. The SMILES string of the molecule is Cc1cc(-c2sc(N3C[C@@H](C)O[C@@H](C)C3)nc2CNC(=O)c2oc(C)nc2C)cc(C)n1. The van der Waals surface area contributed by atoms with Gasteiger partial charge in [-0.05, 0) is 52.3 Å². The fourth-order valence-corrected chi connectivity index (χ4v) is 5.19. The minimum Gasteiger partial charge on any atom is -0.436 e. The van der Waals surface area contributed by atoms with Crippen LogP contribution in [0, 0.1) is 27.7 Å². The number of ether oxygens (including phenoxy) is 1. The average molecular weight is 456 g/mol. The van der Waals surface area contributed by atoms with Crippen LogP contribution in [0.1, 0.15) is 53.1 Å². The number of oxazole rings is 1. The largest absolute Gasteiger partial charge is 0.436 e. The summed E-state index contributed by atoms with van der Waals surface area (Å²) < 4.78 is 11.3. The van der Waals surface area contributed by atoms with Crippen LogP contribution in [0.5, 0.6) is 0 Å². The molecule has 1 amide bonds. The number of carbonyl (C=O) groups excluding carboxylic acids is 1. The molecule has 0 bridgehead atoms. The fraction of sp³-hybridized carbons (Fsp3) is 0.478. The third kappa shape index (κ3) is 4.83. The molecule has 3 aromatic heterocycles. The van der Waals surface area contributed by atoms with Gasteiger partial charge < -0.3 is 19.4 Å². The molecule has 1 aliphatic rings. The van der Waals surface area contributed by atoms with Crippen LogP contribution < -0.4 is 10.2 Å². The van der Waals surface area contributed by atoms with Crippen molar-refractivity contribution in [1.82, 2.24) is 20.3 Å². The number of thiazole rings is 1. The van der Waals surface area contributed by atoms with Crippen LogP contribution in [0.4, 0.5) is 5.13 Å². The van der Waals surface area contributed by atoms with Gasteiger partial charge in [0.2, 0.25) is 5.76 Å². The predicted octanol–water partition coefficient (Wildman–Crippen LogP) is 3.97. The first-order valence-corrected chi connectivity index (χ1v) is 11.6. The molecule has 4 rings (SSSR count). The van der Waals surface area contributed by atoms with Gasteiger partial charge in [-0.2, -0.15) is 0 Å². The monoisotopic (exact) mass is 455 g/mol. The molecule has 2 atom stereocenters. The number of carbonyl (C=O) groups is 1. The summed E-state index contributed by atoms with van der Waals surface area (Å²) in [6, 6.07) is 4.12. The van der Waals surface area contributed by atoms with Gasteiger partial charge in [-0.25, -0.2) is 9.97 Å². The van der Waals surface area contributed by atoms with Gasteiger partial charge in [0, 0.05) is 31.4 Å². The summed E-state index contributed by atoms with van der Waals surface area (Å²) in [6.45, 7) is 13.5. The minimum atomic E-state index is -0.292. The Labute approximate surface area is 192 Å². The second kappa shape index (κ2) is 8.99. The number of anilines is 1. The van der Waals surface area contributed by atoms with E-state index in [4.69, 9.17) is 14.1 Å². The number of hydrogen-bond donors (Lipinski definition) is 1. The summed E-state index contributed by atoms with van der Waals surface area (Å²) in [5.74, 6) is 0.424. The van der Waals surface area contributed by atoms with Crippen molar-refractivity contribution in [2.24, 2.45) is 0 Å². The first-order valence-electron chi connectivity index (χ1n) is 10.8. The Morgan fingerprint density at radius 1 is 1.09 bits per heavy atom. The number of hydrogen-bond acceptors (Lipinski definition) is 8. The first-order chi connectivity index (χ1) is 15.2. The molecule has 8 nitrogen and oxygen atoms in total. The Morgan fingerprint density at radius 2 is 1.75 bits per heavy atom. The lowest BCUT2D eigenvalue weighted by atomic mass is 10.1. The van der Waals surface area contributed by atoms with Gasteiger partial charge in [0.05, 0.1) is 35.0 Å². The summed E-state index contributed by atoms with van der Waals surface area (Å²) >= 11 is 1.64. The third-order valence-electron chi connectivity index (χ3n) is 5.25. The van der Waals surface area contributed by atoms with Gasteiger partial charge >= 0.3 is 0 Å². The van der Waals surface area contributed by atoms with E-state index in [1.54, 1.807) is 25.2 Å². The van der Waals surface area contributed by atoms with Crippen LogP contribution in [-0.2, 0) is 11.3 Å². The Hall–Kier alpha value is -2.78. The Morgan fingerprint density at radius 3 is 2.34 bits per heavy atom. The zero-order valence-corrected chi connectivity index (χ0v) is 20.2. The van der Waals surface area contributed by atoms with Gasteiger partial charge in [0.1, 0.15) is 0 Å². The van der Waals surface area contributed by atoms with Gasteiger partial charge in [-0.3, -0.25) is 9.78 Å². The van der Waals surface area contributed by atoms with Crippen molar-refractivity contribution in [2.45, 2.75) is 60.3 Å². The minimum absolute atomic E-state index is 0.136. The Kier molecular flexibility index (Phi) is 6.30. The zero-order chi connectivity index (χ0) is 23.0. The van der Waals surface area contributed by atoms with Crippen LogP contribution in [0.25, 0.3) is 10.4 Å². The molecule has 0 radical (unpaired) electrons. The van der Waals surface area contributed by atoms with Crippen molar-refractivity contribution in [3.8, 4) is 10.4 Å². The molecule has 1 aliphatic heterocycles. The van der Waals surface area contributed by atoms with Crippen molar-refractivity contribution in [3.63, 3.8) is 0 Å². The highest BCUT2D eigenvalue weighted by Gasteiger charge is 2.26. The number of aryl methyl sites for hydroxylation is 4. The molecular formula is C23H29N5O3S. The van der Waals surface area contributed by atoms with Gasteiger partial charge in [0.25, 0.3) is 5.91 Å². The van der Waals surface area contributed by atoms with Gasteiger partial charge in [-0.15, -0.1) is 0 Å². The zero-order valence-electron chi connectivity index (χ0n) is 19.4. The summed E-state index contributed by atoms with van der Waals surface area (Å²) in [4.78, 5) is 29.6. The van der Waals surface area contributed by atoms with E-state index in [2.05, 4.69) is 46.2 Å². The van der Waals surface area contributed by atoms with Crippen molar-refractivity contribution in [3.05, 3.63) is 46.6 Å². The molecule has 170 valence electrons. The Bertz CT molecular complexity index is 1110. The molecule has 0 spiro atoms. The van der Waals surface area contributed by atoms with E-state index in [-0.39, 0.29) is 23.9 Å². The maximum absolute atomic E-state index is 12.7. The number of morpholine rings is 1. The number of aromatic nitrogens is 3. The highest BCUT2D eigenvalue weighted by Crippen LogP contribution is 2.36. The average Bonchev–Trinajstić information content (AvgIpc) is 3.27. The summed E-state index contributed by atoms with van der Waals surface area (Å²) in [5, 5.41) is 3.89. The van der Waals surface area contributed by atoms with Gasteiger partial charge in [-0.1, -0.05) is 11.3 Å². The molecule has 0 aromatic carbocycles. The highest BCUT2D eigenvalue weighted by molar-refractivity contribution is 7.19. The molecule has 0 unspecified atom stereocenters. The van der Waals surface area contributed by atoms with Crippen LogP contribution in [-0.4, -0.2) is 46.2 Å². The quantitative estimate of drug-likeness (QED) is 0.622. The van der Waals surface area contributed by atoms with E-state index < -0.39 is 0 Å². The summed E-state index contributed by atoms with van der Waals surface area (Å²) in [6.07, 6.45) is 0.273. The standard InChI is InChI=1S/C23H29N5O3S/c1-12-7-18(8-13(2)25-12)21-19(9-24-22(29)20-16(5)26-17(6)31-20)27-23(32-21)28-10-14(3)30-15(4)11-28/h7-8,14-15H,9-11H2,1-6H3,(H,24,29)/t14-,15+. The molecule has 0 saturated carbocycles. The van der Waals surface area contributed by atoms with Crippen LogP contribution >= 0.6 is 11.3 Å². The molecule has 0 aliphatic carbocycles. The number of nitrogens with one attached hydrogen (secondary N) is 1. The van der Waals surface area contributed by atoms with Crippen molar-refractivity contribution >= 4 is 22.4 Å². The van der Waals surface area contributed by atoms with E-state index >= 15 is 0 Å². The summed E-state index contributed by atoms with van der Waals surface area (Å²) in [7, 11) is 0. The maximum Gasteiger partial charge on any atom is 0.289 e. The lowest BCUT2D eigenvalue weighted by Crippen LogP contribution is -2.45. The second-order valence-corrected chi connectivity index (χ2v) is 9.38. The van der Waals surface area contributed by atoms with Crippen molar-refractivity contribution < 1.29 is 13.9 Å². The van der Waals surface area contributed by atoms with E-state index in [1.165, 1.54) is 0 Å². The van der Waals surface area contributed by atoms with E-state index in [0.717, 1.165) is 45.7 Å². The Balaban J connectivity index is 1.65. The first kappa shape index (κ1) is 22.4. The highest BCUT2D eigenvalue weighted by atomic mass is 32.1. The normalized spacial score (nSPS) is 18.8. The molecule has 1 saturated heterocycles. The smallest absolute Gasteiger partial charge is 0.289 e. The topological polar surface area (TPSA) is 93.4 Å². The van der Waals surface area contributed by atoms with Crippen LogP contribution in [0.15, 0.2) is 16.5 Å². The van der Waals surface area contributed by atoms with Crippen molar-refractivity contribution in [1.29, 1.82) is 0 Å². The summed E-state index contributed by atoms with van der Waals surface area (Å²) in [5.41, 5.74) is 4.36.